The zero-order chi connectivity index (χ0) is 11.9. The first-order valence-electron chi connectivity index (χ1n) is 5.50. The van der Waals surface area contributed by atoms with Crippen LogP contribution in [0.25, 0.3) is 12.2 Å². The molecular formula is C16H13Br. The van der Waals surface area contributed by atoms with Crippen molar-refractivity contribution in [2.24, 2.45) is 0 Å². The fourth-order valence-electron chi connectivity index (χ4n) is 1.51. The van der Waals surface area contributed by atoms with Crippen molar-refractivity contribution in [3.05, 3.63) is 82.3 Å². The van der Waals surface area contributed by atoms with Gasteiger partial charge in [-0.15, -0.1) is 0 Å². The lowest BCUT2D eigenvalue weighted by atomic mass is 10.2. The molecule has 0 heterocycles. The predicted molar refractivity (Wildman–Crippen MR) is 78.7 cm³/mol. The van der Waals surface area contributed by atoms with Gasteiger partial charge in [0.25, 0.3) is 0 Å². The third-order valence-electron chi connectivity index (χ3n) is 2.34. The molecule has 0 aromatic heterocycles. The van der Waals surface area contributed by atoms with E-state index in [0.29, 0.717) is 0 Å². The van der Waals surface area contributed by atoms with Crippen molar-refractivity contribution in [2.75, 3.05) is 0 Å². The quantitative estimate of drug-likeness (QED) is 0.682. The average molecular weight is 285 g/mol. The van der Waals surface area contributed by atoms with Crippen LogP contribution in [0.15, 0.2) is 71.2 Å². The normalized spacial score (nSPS) is 11.4. The van der Waals surface area contributed by atoms with Crippen LogP contribution in [0.5, 0.6) is 0 Å². The van der Waals surface area contributed by atoms with Crippen molar-refractivity contribution in [2.45, 2.75) is 0 Å². The lowest BCUT2D eigenvalue weighted by molar-refractivity contribution is 1.61. The highest BCUT2D eigenvalue weighted by Crippen LogP contribution is 2.12. The van der Waals surface area contributed by atoms with E-state index in [1.165, 1.54) is 11.1 Å². The van der Waals surface area contributed by atoms with Crippen molar-refractivity contribution >= 4 is 28.1 Å². The van der Waals surface area contributed by atoms with Crippen LogP contribution in [0.3, 0.4) is 0 Å². The first-order valence-corrected chi connectivity index (χ1v) is 6.29. The van der Waals surface area contributed by atoms with Gasteiger partial charge in [0.05, 0.1) is 0 Å². The van der Waals surface area contributed by atoms with Gasteiger partial charge in [0, 0.05) is 4.47 Å². The molecule has 0 aliphatic heterocycles. The Morgan fingerprint density at radius 3 is 2.06 bits per heavy atom. The summed E-state index contributed by atoms with van der Waals surface area (Å²) in [7, 11) is 0. The maximum absolute atomic E-state index is 3.46. The van der Waals surface area contributed by atoms with Crippen LogP contribution in [0.1, 0.15) is 11.1 Å². The predicted octanol–water partition coefficient (Wildman–Crippen LogP) is 5.18. The third kappa shape index (κ3) is 4.04. The molecule has 0 bridgehead atoms. The highest BCUT2D eigenvalue weighted by Gasteiger charge is 1.87. The molecule has 1 heteroatoms. The standard InChI is InChI=1S/C16H13Br/c17-16-12-6-11-15(13-16)10-5-4-9-14-7-2-1-3-8-14/h1-13H/b9-4-,10-5-. The maximum Gasteiger partial charge on any atom is 0.0181 e. The van der Waals surface area contributed by atoms with Gasteiger partial charge in [-0.1, -0.05) is 82.7 Å². The maximum atomic E-state index is 3.46. The molecule has 0 atom stereocenters. The van der Waals surface area contributed by atoms with E-state index in [1.807, 2.05) is 30.3 Å². The van der Waals surface area contributed by atoms with Gasteiger partial charge >= 0.3 is 0 Å². The highest BCUT2D eigenvalue weighted by atomic mass is 79.9. The summed E-state index contributed by atoms with van der Waals surface area (Å²) in [5.74, 6) is 0. The van der Waals surface area contributed by atoms with Gasteiger partial charge < -0.3 is 0 Å². The second-order valence-corrected chi connectivity index (χ2v) is 4.60. The van der Waals surface area contributed by atoms with Gasteiger partial charge in [-0.25, -0.2) is 0 Å². The molecule has 2 aromatic rings. The van der Waals surface area contributed by atoms with E-state index in [4.69, 9.17) is 0 Å². The second-order valence-electron chi connectivity index (χ2n) is 3.68. The SMILES string of the molecule is Brc1cccc(/C=C\C=C/c2ccccc2)c1. The van der Waals surface area contributed by atoms with Crippen LogP contribution >= 0.6 is 15.9 Å². The van der Waals surface area contributed by atoms with Crippen molar-refractivity contribution in [1.82, 2.24) is 0 Å². The molecule has 84 valence electrons. The Balaban J connectivity index is 2.01. The van der Waals surface area contributed by atoms with Gasteiger partial charge in [0.1, 0.15) is 0 Å². The number of halogens is 1. The fraction of sp³-hybridized carbons (Fsp3) is 0. The zero-order valence-electron chi connectivity index (χ0n) is 9.38. The van der Waals surface area contributed by atoms with E-state index in [1.54, 1.807) is 0 Å². The monoisotopic (exact) mass is 284 g/mol. The summed E-state index contributed by atoms with van der Waals surface area (Å²) in [5.41, 5.74) is 2.41. The van der Waals surface area contributed by atoms with Crippen LogP contribution < -0.4 is 0 Å². The summed E-state index contributed by atoms with van der Waals surface area (Å²) in [4.78, 5) is 0. The Hall–Kier alpha value is -1.60. The zero-order valence-corrected chi connectivity index (χ0v) is 11.0. The van der Waals surface area contributed by atoms with Crippen LogP contribution in [0, 0.1) is 0 Å². The molecule has 0 radical (unpaired) electrons. The van der Waals surface area contributed by atoms with E-state index in [2.05, 4.69) is 64.5 Å². The Labute approximate surface area is 110 Å². The minimum Gasteiger partial charge on any atom is -0.0622 e. The smallest absolute Gasteiger partial charge is 0.0181 e. The van der Waals surface area contributed by atoms with Gasteiger partial charge in [0.15, 0.2) is 0 Å². The third-order valence-corrected chi connectivity index (χ3v) is 2.83. The summed E-state index contributed by atoms with van der Waals surface area (Å²) in [6.07, 6.45) is 8.28. The van der Waals surface area contributed by atoms with Crippen LogP contribution in [0.2, 0.25) is 0 Å². The van der Waals surface area contributed by atoms with Crippen molar-refractivity contribution < 1.29 is 0 Å². The Kier molecular flexibility index (Phi) is 4.34. The van der Waals surface area contributed by atoms with Gasteiger partial charge in [-0.2, -0.15) is 0 Å². The minimum atomic E-state index is 1.10. The van der Waals surface area contributed by atoms with Gasteiger partial charge in [0.2, 0.25) is 0 Å². The molecule has 0 unspecified atom stereocenters. The van der Waals surface area contributed by atoms with Crippen molar-refractivity contribution in [1.29, 1.82) is 0 Å². The molecule has 0 fully saturated rings. The number of rotatable bonds is 3. The average Bonchev–Trinajstić information content (AvgIpc) is 2.36. The lowest BCUT2D eigenvalue weighted by Crippen LogP contribution is -1.70. The Morgan fingerprint density at radius 1 is 0.706 bits per heavy atom. The van der Waals surface area contributed by atoms with E-state index >= 15 is 0 Å². The molecule has 0 saturated carbocycles. The topological polar surface area (TPSA) is 0 Å². The van der Waals surface area contributed by atoms with Crippen molar-refractivity contribution in [3.8, 4) is 0 Å². The van der Waals surface area contributed by atoms with Gasteiger partial charge in [-0.05, 0) is 23.3 Å². The molecule has 2 rings (SSSR count). The molecule has 0 aliphatic rings. The molecule has 0 nitrogen and oxygen atoms in total. The summed E-state index contributed by atoms with van der Waals surface area (Å²) in [5, 5.41) is 0. The molecule has 2 aromatic carbocycles. The van der Waals surface area contributed by atoms with Crippen LogP contribution in [-0.2, 0) is 0 Å². The number of benzene rings is 2. The molecule has 0 aliphatic carbocycles. The van der Waals surface area contributed by atoms with Crippen LogP contribution in [-0.4, -0.2) is 0 Å². The number of allylic oxidation sites excluding steroid dienone is 2. The first-order chi connectivity index (χ1) is 8.34. The number of hydrogen-bond donors (Lipinski definition) is 0. The van der Waals surface area contributed by atoms with Crippen molar-refractivity contribution in [3.63, 3.8) is 0 Å². The second kappa shape index (κ2) is 6.21. The first kappa shape index (κ1) is 11.9. The molecule has 17 heavy (non-hydrogen) atoms. The van der Waals surface area contributed by atoms with E-state index < -0.39 is 0 Å². The molecule has 0 spiro atoms. The summed E-state index contributed by atoms with van der Waals surface area (Å²) >= 11 is 3.46. The van der Waals surface area contributed by atoms with Crippen LogP contribution in [0.4, 0.5) is 0 Å². The molecule has 0 amide bonds. The minimum absolute atomic E-state index is 1.10. The summed E-state index contributed by atoms with van der Waals surface area (Å²) in [6.45, 7) is 0. The fourth-order valence-corrected chi connectivity index (χ4v) is 1.92. The Bertz CT molecular complexity index is 524. The highest BCUT2D eigenvalue weighted by molar-refractivity contribution is 9.10. The Morgan fingerprint density at radius 2 is 1.35 bits per heavy atom. The van der Waals surface area contributed by atoms with E-state index in [9.17, 15) is 0 Å². The lowest BCUT2D eigenvalue weighted by Gasteiger charge is -1.93. The summed E-state index contributed by atoms with van der Waals surface area (Å²) < 4.78 is 1.10. The largest absolute Gasteiger partial charge is 0.0622 e. The van der Waals surface area contributed by atoms with E-state index in [0.717, 1.165) is 4.47 Å². The molecule has 0 N–H and O–H groups in total. The molecular weight excluding hydrogens is 272 g/mol. The summed E-state index contributed by atoms with van der Waals surface area (Å²) in [6, 6.07) is 18.5. The molecule has 0 saturated heterocycles. The van der Waals surface area contributed by atoms with Gasteiger partial charge in [-0.3, -0.25) is 0 Å². The van der Waals surface area contributed by atoms with E-state index in [-0.39, 0.29) is 0 Å². The number of hydrogen-bond acceptors (Lipinski definition) is 0.